The third-order valence-corrected chi connectivity index (χ3v) is 3.75. The average Bonchev–Trinajstić information content (AvgIpc) is 1.58. The van der Waals surface area contributed by atoms with E-state index in [4.69, 9.17) is 0 Å². The molecule has 0 atom stereocenters. The van der Waals surface area contributed by atoms with E-state index in [1.54, 1.807) is 0 Å². The van der Waals surface area contributed by atoms with Crippen molar-refractivity contribution in [3.63, 3.8) is 0 Å². The fraction of sp³-hybridized carbons (Fsp3) is 1.00. The third-order valence-electron chi connectivity index (χ3n) is 2.87. The van der Waals surface area contributed by atoms with Crippen LogP contribution in [0, 0.1) is 11.3 Å². The number of alkyl halides is 1. The fourth-order valence-electron chi connectivity index (χ4n) is 2.63. The second-order valence-corrected chi connectivity index (χ2v) is 5.78. The van der Waals surface area contributed by atoms with E-state index >= 15 is 0 Å². The summed E-state index contributed by atoms with van der Waals surface area (Å²) in [5, 5.41) is 0. The first kappa shape index (κ1) is 6.44. The Kier molecular flexibility index (Phi) is 1.33. The number of halogens is 1. The molecule has 0 unspecified atom stereocenters. The lowest BCUT2D eigenvalue weighted by Gasteiger charge is -2.56. The molecule has 2 aliphatic rings. The van der Waals surface area contributed by atoms with Crippen LogP contribution in [0.25, 0.3) is 0 Å². The monoisotopic (exact) mass is 236 g/mol. The van der Waals surface area contributed by atoms with Gasteiger partial charge in [-0.05, 0) is 37.0 Å². The Balaban J connectivity index is 1.87. The van der Waals surface area contributed by atoms with Gasteiger partial charge in [-0.25, -0.2) is 0 Å². The fourth-order valence-corrected chi connectivity index (χ4v) is 4.50. The maximum Gasteiger partial charge on any atom is 0.0120 e. The van der Waals surface area contributed by atoms with Gasteiger partial charge in [0.1, 0.15) is 0 Å². The number of hydrogen-bond donors (Lipinski definition) is 0. The van der Waals surface area contributed by atoms with Crippen molar-refractivity contribution >= 4 is 22.6 Å². The second-order valence-electron chi connectivity index (χ2n) is 4.02. The van der Waals surface area contributed by atoms with Crippen LogP contribution in [0.2, 0.25) is 0 Å². The van der Waals surface area contributed by atoms with Gasteiger partial charge in [0.05, 0.1) is 0 Å². The quantitative estimate of drug-likeness (QED) is 0.448. The molecule has 1 heteroatoms. The van der Waals surface area contributed by atoms with E-state index in [0.29, 0.717) is 0 Å². The van der Waals surface area contributed by atoms with Gasteiger partial charge in [-0.3, -0.25) is 0 Å². The maximum atomic E-state index is 2.58. The van der Waals surface area contributed by atoms with Crippen LogP contribution in [-0.4, -0.2) is 3.92 Å². The highest BCUT2D eigenvalue weighted by atomic mass is 127. The molecule has 0 heterocycles. The zero-order valence-corrected chi connectivity index (χ0v) is 8.02. The highest BCUT2D eigenvalue weighted by Gasteiger charge is 2.50. The Morgan fingerprint density at radius 1 is 1.22 bits per heavy atom. The Morgan fingerprint density at radius 3 is 2.11 bits per heavy atom. The van der Waals surface area contributed by atoms with Gasteiger partial charge in [0.2, 0.25) is 0 Å². The van der Waals surface area contributed by atoms with E-state index in [1.165, 1.54) is 25.7 Å². The summed E-state index contributed by atoms with van der Waals surface area (Å²) in [7, 11) is 0. The molecule has 1 spiro atoms. The molecule has 0 aromatic carbocycles. The lowest BCUT2D eigenvalue weighted by Crippen LogP contribution is -2.47. The largest absolute Gasteiger partial charge is 0.0826 e. The SMILES string of the molecule is CC1CC2(C1)CC(I)C2. The van der Waals surface area contributed by atoms with Gasteiger partial charge in [0.15, 0.2) is 0 Å². The van der Waals surface area contributed by atoms with E-state index in [2.05, 4.69) is 29.5 Å². The molecule has 0 nitrogen and oxygen atoms in total. The Labute approximate surface area is 70.5 Å². The van der Waals surface area contributed by atoms with Crippen molar-refractivity contribution in [2.24, 2.45) is 11.3 Å². The van der Waals surface area contributed by atoms with Crippen molar-refractivity contribution < 1.29 is 0 Å². The summed E-state index contributed by atoms with van der Waals surface area (Å²) in [6.07, 6.45) is 6.12. The Morgan fingerprint density at radius 2 is 1.78 bits per heavy atom. The average molecular weight is 236 g/mol. The minimum absolute atomic E-state index is 0.880. The molecule has 0 aliphatic heterocycles. The van der Waals surface area contributed by atoms with Crippen LogP contribution in [-0.2, 0) is 0 Å². The standard InChI is InChI=1S/C8H13I/c1-6-2-8(3-6)4-7(9)5-8/h6-7H,2-5H2,1H3. The molecule has 52 valence electrons. The lowest BCUT2D eigenvalue weighted by molar-refractivity contribution is -0.00639. The first-order valence-electron chi connectivity index (χ1n) is 3.84. The number of hydrogen-bond acceptors (Lipinski definition) is 0. The van der Waals surface area contributed by atoms with Gasteiger partial charge in [-0.2, -0.15) is 0 Å². The number of rotatable bonds is 0. The van der Waals surface area contributed by atoms with Gasteiger partial charge in [-0.1, -0.05) is 29.5 Å². The Bertz CT molecular complexity index is 99.0. The molecule has 9 heavy (non-hydrogen) atoms. The van der Waals surface area contributed by atoms with Gasteiger partial charge >= 0.3 is 0 Å². The van der Waals surface area contributed by atoms with Crippen LogP contribution in [0.3, 0.4) is 0 Å². The summed E-state index contributed by atoms with van der Waals surface area (Å²) in [6, 6.07) is 0. The zero-order valence-electron chi connectivity index (χ0n) is 5.86. The first-order valence-corrected chi connectivity index (χ1v) is 5.09. The van der Waals surface area contributed by atoms with Gasteiger partial charge in [-0.15, -0.1) is 0 Å². The Hall–Kier alpha value is 0.730. The van der Waals surface area contributed by atoms with Crippen molar-refractivity contribution in [1.29, 1.82) is 0 Å². The van der Waals surface area contributed by atoms with E-state index in [0.717, 1.165) is 15.3 Å². The molecule has 2 rings (SSSR count). The molecule has 0 amide bonds. The minimum atomic E-state index is 0.880. The van der Waals surface area contributed by atoms with Crippen molar-refractivity contribution in [2.75, 3.05) is 0 Å². The van der Waals surface area contributed by atoms with Crippen LogP contribution in [0.4, 0.5) is 0 Å². The van der Waals surface area contributed by atoms with E-state index in [-0.39, 0.29) is 0 Å². The zero-order chi connectivity index (χ0) is 6.48. The minimum Gasteiger partial charge on any atom is -0.0826 e. The van der Waals surface area contributed by atoms with Crippen molar-refractivity contribution in [3.05, 3.63) is 0 Å². The topological polar surface area (TPSA) is 0 Å². The van der Waals surface area contributed by atoms with Crippen molar-refractivity contribution in [1.82, 2.24) is 0 Å². The predicted octanol–water partition coefficient (Wildman–Crippen LogP) is 3.00. The maximum absolute atomic E-state index is 2.58. The molecule has 2 aliphatic carbocycles. The predicted molar refractivity (Wildman–Crippen MR) is 47.9 cm³/mol. The van der Waals surface area contributed by atoms with E-state index in [9.17, 15) is 0 Å². The van der Waals surface area contributed by atoms with Crippen LogP contribution in [0.5, 0.6) is 0 Å². The molecule has 0 N–H and O–H groups in total. The smallest absolute Gasteiger partial charge is 0.0120 e. The molecule has 0 aromatic heterocycles. The molecule has 0 bridgehead atoms. The van der Waals surface area contributed by atoms with Crippen molar-refractivity contribution in [2.45, 2.75) is 36.5 Å². The first-order chi connectivity index (χ1) is 4.20. The molecule has 0 aromatic rings. The van der Waals surface area contributed by atoms with Gasteiger partial charge in [0, 0.05) is 3.92 Å². The molecule has 2 saturated carbocycles. The normalized spacial score (nSPS) is 56.7. The van der Waals surface area contributed by atoms with E-state index < -0.39 is 0 Å². The van der Waals surface area contributed by atoms with Gasteiger partial charge in [0.25, 0.3) is 0 Å². The summed E-state index contributed by atoms with van der Waals surface area (Å²) in [5.41, 5.74) is 0.880. The summed E-state index contributed by atoms with van der Waals surface area (Å²) < 4.78 is 1.02. The molecule has 0 saturated heterocycles. The summed E-state index contributed by atoms with van der Waals surface area (Å²) in [6.45, 7) is 2.38. The van der Waals surface area contributed by atoms with Crippen LogP contribution in [0.1, 0.15) is 32.6 Å². The third kappa shape index (κ3) is 0.920. The summed E-state index contributed by atoms with van der Waals surface area (Å²) in [5.74, 6) is 1.05. The van der Waals surface area contributed by atoms with Crippen molar-refractivity contribution in [3.8, 4) is 0 Å². The van der Waals surface area contributed by atoms with Crippen LogP contribution < -0.4 is 0 Å². The van der Waals surface area contributed by atoms with Crippen LogP contribution in [0.15, 0.2) is 0 Å². The highest BCUT2D eigenvalue weighted by molar-refractivity contribution is 14.1. The molecular weight excluding hydrogens is 223 g/mol. The van der Waals surface area contributed by atoms with E-state index in [1.807, 2.05) is 0 Å². The molecule has 2 fully saturated rings. The second kappa shape index (κ2) is 1.86. The molecular formula is C8H13I. The molecule has 0 radical (unpaired) electrons. The summed E-state index contributed by atoms with van der Waals surface area (Å²) in [4.78, 5) is 0. The highest BCUT2D eigenvalue weighted by Crippen LogP contribution is 2.60. The lowest BCUT2D eigenvalue weighted by atomic mass is 9.52. The van der Waals surface area contributed by atoms with Crippen LogP contribution >= 0.6 is 22.6 Å². The summed E-state index contributed by atoms with van der Waals surface area (Å²) >= 11 is 2.58. The van der Waals surface area contributed by atoms with Gasteiger partial charge < -0.3 is 0 Å².